The van der Waals surface area contributed by atoms with E-state index in [1.165, 1.54) is 0 Å². The van der Waals surface area contributed by atoms with Crippen molar-refractivity contribution in [2.24, 2.45) is 17.6 Å². The predicted molar refractivity (Wildman–Crippen MR) is 68.6 cm³/mol. The molecule has 0 saturated carbocycles. The van der Waals surface area contributed by atoms with E-state index in [4.69, 9.17) is 10.5 Å². The van der Waals surface area contributed by atoms with Gasteiger partial charge in [-0.1, -0.05) is 6.92 Å². The summed E-state index contributed by atoms with van der Waals surface area (Å²) in [6.45, 7) is 10.9. The summed E-state index contributed by atoms with van der Waals surface area (Å²) >= 11 is 0. The van der Waals surface area contributed by atoms with E-state index in [0.717, 1.165) is 19.5 Å². The molecule has 0 aromatic heterocycles. The first-order valence-electron chi connectivity index (χ1n) is 6.46. The molecule has 100 valence electrons. The van der Waals surface area contributed by atoms with Crippen LogP contribution in [-0.2, 0) is 9.53 Å². The van der Waals surface area contributed by atoms with Gasteiger partial charge in [0.15, 0.2) is 0 Å². The topological polar surface area (TPSA) is 55.6 Å². The zero-order valence-electron chi connectivity index (χ0n) is 11.5. The number of hydrogen-bond acceptors (Lipinski definition) is 4. The van der Waals surface area contributed by atoms with Gasteiger partial charge in [-0.05, 0) is 52.1 Å². The minimum Gasteiger partial charge on any atom is -0.459 e. The van der Waals surface area contributed by atoms with Crippen molar-refractivity contribution in [1.29, 1.82) is 0 Å². The third-order valence-electron chi connectivity index (χ3n) is 3.27. The van der Waals surface area contributed by atoms with Gasteiger partial charge in [-0.3, -0.25) is 9.69 Å². The largest absolute Gasteiger partial charge is 0.459 e. The standard InChI is InChI=1S/C13H26N2O2/c1-10-5-6-15(8-11(10)7-14)9-12(16)17-13(2,3)4/h10-11H,5-9,14H2,1-4H3. The average Bonchev–Trinajstić information content (AvgIpc) is 2.18. The number of esters is 1. The van der Waals surface area contributed by atoms with Gasteiger partial charge in [0.1, 0.15) is 5.60 Å². The van der Waals surface area contributed by atoms with Gasteiger partial charge in [-0.15, -0.1) is 0 Å². The molecule has 2 N–H and O–H groups in total. The second-order valence-corrected chi connectivity index (χ2v) is 6.08. The zero-order valence-corrected chi connectivity index (χ0v) is 11.5. The van der Waals surface area contributed by atoms with Crippen LogP contribution in [0.2, 0.25) is 0 Å². The van der Waals surface area contributed by atoms with Crippen LogP contribution < -0.4 is 5.73 Å². The van der Waals surface area contributed by atoms with Crippen molar-refractivity contribution in [3.8, 4) is 0 Å². The number of carbonyl (C=O) groups is 1. The highest BCUT2D eigenvalue weighted by Gasteiger charge is 2.27. The van der Waals surface area contributed by atoms with E-state index in [2.05, 4.69) is 11.8 Å². The van der Waals surface area contributed by atoms with Crippen LogP contribution in [0.1, 0.15) is 34.1 Å². The number of rotatable bonds is 3. The molecule has 4 nitrogen and oxygen atoms in total. The van der Waals surface area contributed by atoms with Gasteiger partial charge < -0.3 is 10.5 Å². The van der Waals surface area contributed by atoms with E-state index >= 15 is 0 Å². The molecule has 1 heterocycles. The Morgan fingerprint density at radius 2 is 2.12 bits per heavy atom. The molecule has 0 aromatic rings. The lowest BCUT2D eigenvalue weighted by Gasteiger charge is -2.36. The molecule has 0 radical (unpaired) electrons. The fraction of sp³-hybridized carbons (Fsp3) is 0.923. The van der Waals surface area contributed by atoms with Crippen molar-refractivity contribution < 1.29 is 9.53 Å². The molecule has 0 bridgehead atoms. The van der Waals surface area contributed by atoms with E-state index < -0.39 is 5.60 Å². The zero-order chi connectivity index (χ0) is 13.1. The monoisotopic (exact) mass is 242 g/mol. The Balaban J connectivity index is 2.40. The van der Waals surface area contributed by atoms with Crippen LogP contribution in [0, 0.1) is 11.8 Å². The highest BCUT2D eigenvalue weighted by molar-refractivity contribution is 5.72. The van der Waals surface area contributed by atoms with Crippen molar-refractivity contribution >= 4 is 5.97 Å². The molecular weight excluding hydrogens is 216 g/mol. The average molecular weight is 242 g/mol. The van der Waals surface area contributed by atoms with Gasteiger partial charge in [-0.2, -0.15) is 0 Å². The molecule has 4 heteroatoms. The summed E-state index contributed by atoms with van der Waals surface area (Å²) in [6.07, 6.45) is 1.12. The lowest BCUT2D eigenvalue weighted by atomic mass is 9.87. The lowest BCUT2D eigenvalue weighted by molar-refractivity contribution is -0.156. The smallest absolute Gasteiger partial charge is 0.320 e. The Labute approximate surface area is 104 Å². The molecule has 2 atom stereocenters. The van der Waals surface area contributed by atoms with Gasteiger partial charge in [0, 0.05) is 6.54 Å². The molecule has 0 spiro atoms. The number of ether oxygens (including phenoxy) is 1. The maximum absolute atomic E-state index is 11.7. The Bertz CT molecular complexity index is 261. The molecular formula is C13H26N2O2. The van der Waals surface area contributed by atoms with Gasteiger partial charge >= 0.3 is 5.97 Å². The molecule has 1 rings (SSSR count). The van der Waals surface area contributed by atoms with Crippen LogP contribution in [0.3, 0.4) is 0 Å². The Morgan fingerprint density at radius 3 is 2.65 bits per heavy atom. The molecule has 1 aliphatic heterocycles. The fourth-order valence-electron chi connectivity index (χ4n) is 2.23. The van der Waals surface area contributed by atoms with Crippen molar-refractivity contribution in [3.05, 3.63) is 0 Å². The van der Waals surface area contributed by atoms with Crippen LogP contribution >= 0.6 is 0 Å². The van der Waals surface area contributed by atoms with Gasteiger partial charge in [0.2, 0.25) is 0 Å². The number of hydrogen-bond donors (Lipinski definition) is 1. The minimum absolute atomic E-state index is 0.136. The molecule has 0 aliphatic carbocycles. The summed E-state index contributed by atoms with van der Waals surface area (Å²) in [7, 11) is 0. The van der Waals surface area contributed by atoms with Gasteiger partial charge in [0.05, 0.1) is 6.54 Å². The van der Waals surface area contributed by atoms with E-state index in [1.54, 1.807) is 0 Å². The number of piperidine rings is 1. The first kappa shape index (κ1) is 14.5. The summed E-state index contributed by atoms with van der Waals surface area (Å²) in [5.74, 6) is 1.03. The van der Waals surface area contributed by atoms with E-state index in [9.17, 15) is 4.79 Å². The van der Waals surface area contributed by atoms with Crippen LogP contribution in [0.25, 0.3) is 0 Å². The molecule has 0 aromatic carbocycles. The Morgan fingerprint density at radius 1 is 1.47 bits per heavy atom. The maximum Gasteiger partial charge on any atom is 0.320 e. The molecule has 1 aliphatic rings. The van der Waals surface area contributed by atoms with Crippen molar-refractivity contribution in [3.63, 3.8) is 0 Å². The molecule has 17 heavy (non-hydrogen) atoms. The summed E-state index contributed by atoms with van der Waals surface area (Å²) in [5, 5.41) is 0. The normalized spacial score (nSPS) is 26.9. The van der Waals surface area contributed by atoms with Crippen LogP contribution in [0.15, 0.2) is 0 Å². The third-order valence-corrected chi connectivity index (χ3v) is 3.27. The number of nitrogens with two attached hydrogens (primary N) is 1. The quantitative estimate of drug-likeness (QED) is 0.757. The summed E-state index contributed by atoms with van der Waals surface area (Å²) in [6, 6.07) is 0. The first-order valence-corrected chi connectivity index (χ1v) is 6.46. The van der Waals surface area contributed by atoms with Crippen LogP contribution in [0.5, 0.6) is 0 Å². The second kappa shape index (κ2) is 5.83. The first-order chi connectivity index (χ1) is 7.81. The van der Waals surface area contributed by atoms with E-state index in [1.807, 2.05) is 20.8 Å². The Kier molecular flexibility index (Phi) is 4.95. The van der Waals surface area contributed by atoms with E-state index in [-0.39, 0.29) is 5.97 Å². The van der Waals surface area contributed by atoms with Gasteiger partial charge in [-0.25, -0.2) is 0 Å². The van der Waals surface area contributed by atoms with Crippen molar-refractivity contribution in [1.82, 2.24) is 4.90 Å². The summed E-state index contributed by atoms with van der Waals surface area (Å²) < 4.78 is 5.32. The SMILES string of the molecule is CC1CCN(CC(=O)OC(C)(C)C)CC1CN. The Hall–Kier alpha value is -0.610. The third kappa shape index (κ3) is 5.04. The predicted octanol–water partition coefficient (Wildman–Crippen LogP) is 1.24. The summed E-state index contributed by atoms with van der Waals surface area (Å²) in [4.78, 5) is 13.9. The fourth-order valence-corrected chi connectivity index (χ4v) is 2.23. The van der Waals surface area contributed by atoms with Crippen LogP contribution in [-0.4, -0.2) is 42.6 Å². The lowest BCUT2D eigenvalue weighted by Crippen LogP contribution is -2.45. The molecule has 1 fully saturated rings. The number of likely N-dealkylation sites (tertiary alicyclic amines) is 1. The minimum atomic E-state index is -0.395. The maximum atomic E-state index is 11.7. The van der Waals surface area contributed by atoms with Crippen molar-refractivity contribution in [2.75, 3.05) is 26.2 Å². The molecule has 0 amide bonds. The van der Waals surface area contributed by atoms with Crippen LogP contribution in [0.4, 0.5) is 0 Å². The van der Waals surface area contributed by atoms with Gasteiger partial charge in [0.25, 0.3) is 0 Å². The summed E-state index contributed by atoms with van der Waals surface area (Å²) in [5.41, 5.74) is 5.35. The second-order valence-electron chi connectivity index (χ2n) is 6.08. The number of carbonyl (C=O) groups excluding carboxylic acids is 1. The highest BCUT2D eigenvalue weighted by Crippen LogP contribution is 2.22. The molecule has 1 saturated heterocycles. The number of nitrogens with zero attached hydrogens (tertiary/aromatic N) is 1. The van der Waals surface area contributed by atoms with E-state index in [0.29, 0.717) is 24.9 Å². The van der Waals surface area contributed by atoms with Crippen molar-refractivity contribution in [2.45, 2.75) is 39.7 Å². The molecule has 2 unspecified atom stereocenters. The highest BCUT2D eigenvalue weighted by atomic mass is 16.6.